The Hall–Kier alpha value is -0.720. The Morgan fingerprint density at radius 3 is 2.33 bits per heavy atom. The maximum absolute atomic E-state index is 12.3. The van der Waals surface area contributed by atoms with Crippen molar-refractivity contribution in [3.8, 4) is 0 Å². The van der Waals surface area contributed by atoms with Gasteiger partial charge >= 0.3 is 6.18 Å². The van der Waals surface area contributed by atoms with Crippen LogP contribution >= 0.6 is 11.8 Å². The molecule has 6 heteroatoms. The zero-order valence-electron chi connectivity index (χ0n) is 12.1. The molecule has 0 amide bonds. The van der Waals surface area contributed by atoms with Crippen molar-refractivity contribution in [1.29, 1.82) is 0 Å². The van der Waals surface area contributed by atoms with Crippen molar-refractivity contribution in [3.63, 3.8) is 0 Å². The maximum atomic E-state index is 12.3. The summed E-state index contributed by atoms with van der Waals surface area (Å²) >= 11 is 1.71. The lowest BCUT2D eigenvalue weighted by atomic mass is 10.0. The molecule has 0 saturated carbocycles. The van der Waals surface area contributed by atoms with E-state index in [9.17, 15) is 13.2 Å². The standard InChI is InChI=1S/C15H21F3N2S/c1-21-14-4-2-12(3-5-14)10-19-13-6-8-20(9-7-13)11-15(16,17)18/h2-5,13,19H,6-11H2,1H3. The molecule has 21 heavy (non-hydrogen) atoms. The molecule has 1 fully saturated rings. The molecule has 1 aliphatic heterocycles. The Bertz CT molecular complexity index is 426. The van der Waals surface area contributed by atoms with E-state index >= 15 is 0 Å². The topological polar surface area (TPSA) is 15.3 Å². The minimum Gasteiger partial charge on any atom is -0.310 e. The maximum Gasteiger partial charge on any atom is 0.401 e. The number of likely N-dealkylation sites (tertiary alicyclic amines) is 1. The first-order valence-corrected chi connectivity index (χ1v) is 8.34. The van der Waals surface area contributed by atoms with E-state index in [4.69, 9.17) is 0 Å². The van der Waals surface area contributed by atoms with Crippen molar-refractivity contribution in [2.24, 2.45) is 0 Å². The van der Waals surface area contributed by atoms with Gasteiger partial charge in [-0.25, -0.2) is 0 Å². The fraction of sp³-hybridized carbons (Fsp3) is 0.600. The van der Waals surface area contributed by atoms with Crippen LogP contribution in [0.3, 0.4) is 0 Å². The number of benzene rings is 1. The predicted molar refractivity (Wildman–Crippen MR) is 80.6 cm³/mol. The second-order valence-corrected chi connectivity index (χ2v) is 6.27. The summed E-state index contributed by atoms with van der Waals surface area (Å²) in [6.07, 6.45) is -0.487. The van der Waals surface area contributed by atoms with E-state index in [1.165, 1.54) is 15.4 Å². The third-order valence-corrected chi connectivity index (χ3v) is 4.49. The first kappa shape index (κ1) is 16.6. The SMILES string of the molecule is CSc1ccc(CNC2CCN(CC(F)(F)F)CC2)cc1. The molecule has 1 saturated heterocycles. The first-order valence-electron chi connectivity index (χ1n) is 7.12. The third-order valence-electron chi connectivity index (χ3n) is 3.74. The molecule has 1 aliphatic rings. The summed E-state index contributed by atoms with van der Waals surface area (Å²) in [4.78, 5) is 2.73. The highest BCUT2D eigenvalue weighted by molar-refractivity contribution is 7.98. The minimum atomic E-state index is -4.08. The molecule has 0 atom stereocenters. The van der Waals surface area contributed by atoms with E-state index in [1.54, 1.807) is 11.8 Å². The second kappa shape index (κ2) is 7.51. The molecular weight excluding hydrogens is 297 g/mol. The molecule has 2 nitrogen and oxygen atoms in total. The van der Waals surface area contributed by atoms with Gasteiger partial charge in [0.2, 0.25) is 0 Å². The van der Waals surface area contributed by atoms with Crippen LogP contribution in [-0.2, 0) is 6.54 Å². The number of alkyl halides is 3. The largest absolute Gasteiger partial charge is 0.401 e. The minimum absolute atomic E-state index is 0.315. The van der Waals surface area contributed by atoms with E-state index in [0.717, 1.165) is 19.4 Å². The quantitative estimate of drug-likeness (QED) is 0.836. The van der Waals surface area contributed by atoms with Gasteiger partial charge in [0.15, 0.2) is 0 Å². The van der Waals surface area contributed by atoms with E-state index in [0.29, 0.717) is 19.1 Å². The Morgan fingerprint density at radius 1 is 1.19 bits per heavy atom. The molecule has 2 rings (SSSR count). The molecular formula is C15H21F3N2S. The van der Waals surface area contributed by atoms with Gasteiger partial charge in [-0.1, -0.05) is 12.1 Å². The van der Waals surface area contributed by atoms with Crippen molar-refractivity contribution in [2.75, 3.05) is 25.9 Å². The summed E-state index contributed by atoms with van der Waals surface area (Å²) in [7, 11) is 0. The van der Waals surface area contributed by atoms with E-state index in [-0.39, 0.29) is 0 Å². The molecule has 1 heterocycles. The van der Waals surface area contributed by atoms with Gasteiger partial charge < -0.3 is 5.32 Å². The van der Waals surface area contributed by atoms with Gasteiger partial charge in [-0.15, -0.1) is 11.8 Å². The van der Waals surface area contributed by atoms with Crippen molar-refractivity contribution < 1.29 is 13.2 Å². The number of rotatable bonds is 5. The molecule has 1 N–H and O–H groups in total. The molecule has 1 aromatic carbocycles. The fourth-order valence-corrected chi connectivity index (χ4v) is 2.96. The van der Waals surface area contributed by atoms with Crippen LogP contribution in [0.15, 0.2) is 29.2 Å². The number of nitrogens with one attached hydrogen (secondary N) is 1. The van der Waals surface area contributed by atoms with E-state index in [2.05, 4.69) is 29.6 Å². The van der Waals surface area contributed by atoms with E-state index < -0.39 is 12.7 Å². The van der Waals surface area contributed by atoms with Crippen LogP contribution in [0, 0.1) is 0 Å². The highest BCUT2D eigenvalue weighted by Crippen LogP contribution is 2.20. The number of hydrogen-bond donors (Lipinski definition) is 1. The Kier molecular flexibility index (Phi) is 5.96. The van der Waals surface area contributed by atoms with Gasteiger partial charge in [0.25, 0.3) is 0 Å². The molecule has 0 unspecified atom stereocenters. The average molecular weight is 318 g/mol. The van der Waals surface area contributed by atoms with Gasteiger partial charge in [0.1, 0.15) is 0 Å². The van der Waals surface area contributed by atoms with Gasteiger partial charge in [0.05, 0.1) is 6.54 Å². The highest BCUT2D eigenvalue weighted by atomic mass is 32.2. The van der Waals surface area contributed by atoms with Crippen LogP contribution in [0.2, 0.25) is 0 Å². The number of nitrogens with zero attached hydrogens (tertiary/aromatic N) is 1. The van der Waals surface area contributed by atoms with Gasteiger partial charge in [0, 0.05) is 17.5 Å². The lowest BCUT2D eigenvalue weighted by Gasteiger charge is -2.32. The van der Waals surface area contributed by atoms with Crippen molar-refractivity contribution >= 4 is 11.8 Å². The number of piperidine rings is 1. The van der Waals surface area contributed by atoms with Crippen LogP contribution in [0.25, 0.3) is 0 Å². The molecule has 0 aliphatic carbocycles. The zero-order valence-corrected chi connectivity index (χ0v) is 12.9. The molecule has 1 aromatic rings. The Morgan fingerprint density at radius 2 is 1.81 bits per heavy atom. The summed E-state index contributed by atoms with van der Waals surface area (Å²) in [6.45, 7) is 1.03. The van der Waals surface area contributed by atoms with Crippen molar-refractivity contribution in [2.45, 2.75) is 36.5 Å². The Labute approximate surface area is 128 Å². The molecule has 0 aromatic heterocycles. The zero-order chi connectivity index (χ0) is 15.3. The molecule has 0 bridgehead atoms. The average Bonchev–Trinajstić information content (AvgIpc) is 2.45. The fourth-order valence-electron chi connectivity index (χ4n) is 2.55. The third kappa shape index (κ3) is 5.88. The van der Waals surface area contributed by atoms with Crippen LogP contribution in [0.1, 0.15) is 18.4 Å². The smallest absolute Gasteiger partial charge is 0.310 e. The lowest BCUT2D eigenvalue weighted by Crippen LogP contribution is -2.45. The summed E-state index contributed by atoms with van der Waals surface area (Å²) in [5.74, 6) is 0. The monoisotopic (exact) mass is 318 g/mol. The van der Waals surface area contributed by atoms with Crippen molar-refractivity contribution in [3.05, 3.63) is 29.8 Å². The normalized spacial score (nSPS) is 18.1. The molecule has 118 valence electrons. The Balaban J connectivity index is 1.71. The van der Waals surface area contributed by atoms with Crippen LogP contribution in [-0.4, -0.2) is 43.0 Å². The first-order chi connectivity index (χ1) is 9.96. The number of hydrogen-bond acceptors (Lipinski definition) is 3. The lowest BCUT2D eigenvalue weighted by molar-refractivity contribution is -0.148. The van der Waals surface area contributed by atoms with Gasteiger partial charge in [-0.2, -0.15) is 13.2 Å². The number of halogens is 3. The summed E-state index contributed by atoms with van der Waals surface area (Å²) in [5.41, 5.74) is 1.21. The molecule has 0 spiro atoms. The van der Waals surface area contributed by atoms with Crippen LogP contribution < -0.4 is 5.32 Å². The predicted octanol–water partition coefficient (Wildman–Crippen LogP) is 3.52. The summed E-state index contributed by atoms with van der Waals surface area (Å²) < 4.78 is 36.9. The van der Waals surface area contributed by atoms with E-state index in [1.807, 2.05) is 6.26 Å². The van der Waals surface area contributed by atoms with Crippen molar-refractivity contribution in [1.82, 2.24) is 10.2 Å². The number of thioether (sulfide) groups is 1. The van der Waals surface area contributed by atoms with Crippen LogP contribution in [0.4, 0.5) is 13.2 Å². The van der Waals surface area contributed by atoms with Gasteiger partial charge in [-0.05, 0) is 49.9 Å². The van der Waals surface area contributed by atoms with Gasteiger partial charge in [-0.3, -0.25) is 4.90 Å². The summed E-state index contributed by atoms with van der Waals surface area (Å²) in [6, 6.07) is 8.69. The highest BCUT2D eigenvalue weighted by Gasteiger charge is 2.32. The molecule has 0 radical (unpaired) electrons. The summed E-state index contributed by atoms with van der Waals surface area (Å²) in [5, 5.41) is 3.44. The van der Waals surface area contributed by atoms with Crippen LogP contribution in [0.5, 0.6) is 0 Å². The second-order valence-electron chi connectivity index (χ2n) is 5.39.